The minimum atomic E-state index is 0.550. The van der Waals surface area contributed by atoms with Crippen molar-refractivity contribution in [3.63, 3.8) is 0 Å². The molecule has 0 radical (unpaired) electrons. The number of anilines is 1. The first kappa shape index (κ1) is 16.4. The second kappa shape index (κ2) is 7.11. The molecule has 0 unspecified atom stereocenters. The summed E-state index contributed by atoms with van der Waals surface area (Å²) >= 11 is 0. The molecule has 1 N–H and O–H groups in total. The van der Waals surface area contributed by atoms with Crippen LogP contribution < -0.4 is 10.2 Å². The molecule has 0 aromatic carbocycles. The van der Waals surface area contributed by atoms with Gasteiger partial charge in [-0.1, -0.05) is 0 Å². The van der Waals surface area contributed by atoms with Gasteiger partial charge in [0.25, 0.3) is 0 Å². The summed E-state index contributed by atoms with van der Waals surface area (Å²) in [6.07, 6.45) is 9.96. The first-order valence-corrected chi connectivity index (χ1v) is 9.68. The van der Waals surface area contributed by atoms with Gasteiger partial charge in [0.05, 0.1) is 12.2 Å². The van der Waals surface area contributed by atoms with E-state index in [0.29, 0.717) is 5.92 Å². The molecule has 3 aromatic rings. The van der Waals surface area contributed by atoms with E-state index in [1.54, 1.807) is 0 Å². The average Bonchev–Trinajstić information content (AvgIpc) is 3.35. The number of fused-ring (bicyclic) bond motifs is 1. The van der Waals surface area contributed by atoms with Gasteiger partial charge in [-0.15, -0.1) is 0 Å². The Kier molecular flexibility index (Phi) is 4.33. The van der Waals surface area contributed by atoms with Gasteiger partial charge < -0.3 is 14.8 Å². The third-order valence-electron chi connectivity index (χ3n) is 5.42. The number of nitrogens with zero attached hydrogens (tertiary/aromatic N) is 7. The van der Waals surface area contributed by atoms with Crippen LogP contribution in [0, 0.1) is 5.92 Å². The molecule has 5 heterocycles. The molecule has 1 atom stereocenters. The molecule has 3 aromatic heterocycles. The van der Waals surface area contributed by atoms with Crippen molar-refractivity contribution in [3.05, 3.63) is 42.6 Å². The number of hydrogen-bond acceptors (Lipinski definition) is 6. The Morgan fingerprint density at radius 1 is 1.11 bits per heavy atom. The van der Waals surface area contributed by atoms with Crippen LogP contribution in [0.25, 0.3) is 11.5 Å². The third kappa shape index (κ3) is 3.32. The van der Waals surface area contributed by atoms with Crippen molar-refractivity contribution in [2.45, 2.75) is 32.5 Å². The minimum absolute atomic E-state index is 0.550. The zero-order valence-corrected chi connectivity index (χ0v) is 15.3. The maximum Gasteiger partial charge on any atom is 0.225 e. The van der Waals surface area contributed by atoms with Crippen LogP contribution in [0.3, 0.4) is 0 Å². The number of aromatic nitrogens is 6. The van der Waals surface area contributed by atoms with Gasteiger partial charge in [-0.2, -0.15) is 5.10 Å². The summed E-state index contributed by atoms with van der Waals surface area (Å²) in [5.74, 6) is 2.35. The van der Waals surface area contributed by atoms with Crippen molar-refractivity contribution in [1.82, 2.24) is 34.6 Å². The van der Waals surface area contributed by atoms with Gasteiger partial charge in [0, 0.05) is 57.5 Å². The Morgan fingerprint density at radius 3 is 2.93 bits per heavy atom. The lowest BCUT2D eigenvalue weighted by molar-refractivity contribution is 0.365. The van der Waals surface area contributed by atoms with E-state index in [0.717, 1.165) is 63.2 Å². The Labute approximate surface area is 158 Å². The third-order valence-corrected chi connectivity index (χ3v) is 5.42. The summed E-state index contributed by atoms with van der Waals surface area (Å²) in [7, 11) is 0. The Bertz CT molecular complexity index is 876. The van der Waals surface area contributed by atoms with Crippen molar-refractivity contribution in [2.75, 3.05) is 24.5 Å². The monoisotopic (exact) mass is 364 g/mol. The number of rotatable bonds is 4. The average molecular weight is 364 g/mol. The van der Waals surface area contributed by atoms with Gasteiger partial charge in [-0.25, -0.2) is 15.0 Å². The van der Waals surface area contributed by atoms with E-state index in [1.807, 2.05) is 24.7 Å². The SMILES string of the molecule is c1cnc(N2CCC[C@@H](Cn3ccnc3-c3cc4n(n3)CCNC4)C2)nc1. The highest BCUT2D eigenvalue weighted by Crippen LogP contribution is 2.24. The molecule has 1 saturated heterocycles. The van der Waals surface area contributed by atoms with Crippen LogP contribution in [0.2, 0.25) is 0 Å². The fraction of sp³-hybridized carbons (Fsp3) is 0.474. The quantitative estimate of drug-likeness (QED) is 0.757. The van der Waals surface area contributed by atoms with E-state index >= 15 is 0 Å². The Balaban J connectivity index is 1.33. The maximum absolute atomic E-state index is 4.77. The van der Waals surface area contributed by atoms with Crippen molar-refractivity contribution >= 4 is 5.95 Å². The standard InChI is InChI=1S/C19H24N8/c1-3-15(14-26(8-1)19-22-4-2-5-23-19)13-25-9-7-21-18(25)17-11-16-12-20-6-10-27(16)24-17/h2,4-5,7,9,11,15,20H,1,3,6,8,10,12-14H2/t15-/m0/s1. The van der Waals surface area contributed by atoms with Crippen molar-refractivity contribution in [1.29, 1.82) is 0 Å². The highest BCUT2D eigenvalue weighted by Gasteiger charge is 2.23. The molecule has 8 nitrogen and oxygen atoms in total. The zero-order valence-electron chi connectivity index (χ0n) is 15.3. The topological polar surface area (TPSA) is 76.7 Å². The van der Waals surface area contributed by atoms with Crippen LogP contribution in [0.5, 0.6) is 0 Å². The molecule has 0 amide bonds. The molecule has 140 valence electrons. The minimum Gasteiger partial charge on any atom is -0.340 e. The van der Waals surface area contributed by atoms with E-state index in [2.05, 4.69) is 46.7 Å². The van der Waals surface area contributed by atoms with Crippen molar-refractivity contribution < 1.29 is 0 Å². The summed E-state index contributed by atoms with van der Waals surface area (Å²) in [6, 6.07) is 4.03. The molecule has 0 aliphatic carbocycles. The van der Waals surface area contributed by atoms with Gasteiger partial charge >= 0.3 is 0 Å². The first-order valence-electron chi connectivity index (χ1n) is 9.68. The van der Waals surface area contributed by atoms with Crippen molar-refractivity contribution in [2.24, 2.45) is 5.92 Å². The highest BCUT2D eigenvalue weighted by molar-refractivity contribution is 5.50. The second-order valence-electron chi connectivity index (χ2n) is 7.33. The van der Waals surface area contributed by atoms with Crippen LogP contribution in [0.1, 0.15) is 18.5 Å². The van der Waals surface area contributed by atoms with Gasteiger partial charge in [0.1, 0.15) is 5.69 Å². The predicted molar refractivity (Wildman–Crippen MR) is 102 cm³/mol. The van der Waals surface area contributed by atoms with Gasteiger partial charge in [0.2, 0.25) is 5.95 Å². The number of nitrogens with one attached hydrogen (secondary N) is 1. The smallest absolute Gasteiger partial charge is 0.225 e. The molecular weight excluding hydrogens is 340 g/mol. The predicted octanol–water partition coefficient (Wildman–Crippen LogP) is 1.56. The molecule has 2 aliphatic rings. The number of piperidine rings is 1. The number of imidazole rings is 1. The molecule has 5 rings (SSSR count). The van der Waals surface area contributed by atoms with E-state index in [9.17, 15) is 0 Å². The molecule has 2 aliphatic heterocycles. The van der Waals surface area contributed by atoms with E-state index in [4.69, 9.17) is 5.10 Å². The summed E-state index contributed by atoms with van der Waals surface area (Å²) in [6.45, 7) is 5.72. The Hall–Kier alpha value is -2.74. The zero-order chi connectivity index (χ0) is 18.1. The van der Waals surface area contributed by atoms with Gasteiger partial charge in [-0.05, 0) is 30.9 Å². The molecule has 0 saturated carbocycles. The summed E-state index contributed by atoms with van der Waals surface area (Å²) in [5.41, 5.74) is 2.20. The summed E-state index contributed by atoms with van der Waals surface area (Å²) in [5, 5.41) is 8.17. The van der Waals surface area contributed by atoms with E-state index in [1.165, 1.54) is 12.1 Å². The molecule has 1 fully saturated rings. The summed E-state index contributed by atoms with van der Waals surface area (Å²) < 4.78 is 4.35. The Morgan fingerprint density at radius 2 is 2.04 bits per heavy atom. The van der Waals surface area contributed by atoms with Gasteiger partial charge in [0.15, 0.2) is 5.82 Å². The molecular formula is C19H24N8. The second-order valence-corrected chi connectivity index (χ2v) is 7.33. The molecule has 8 heteroatoms. The first-order chi connectivity index (χ1) is 13.4. The largest absolute Gasteiger partial charge is 0.340 e. The van der Waals surface area contributed by atoms with Crippen LogP contribution in [0.4, 0.5) is 5.95 Å². The highest BCUT2D eigenvalue weighted by atomic mass is 15.3. The van der Waals surface area contributed by atoms with E-state index in [-0.39, 0.29) is 0 Å². The molecule has 27 heavy (non-hydrogen) atoms. The van der Waals surface area contributed by atoms with Crippen LogP contribution in [-0.4, -0.2) is 48.9 Å². The molecule has 0 spiro atoms. The lowest BCUT2D eigenvalue weighted by atomic mass is 9.98. The van der Waals surface area contributed by atoms with Crippen LogP contribution in [-0.2, 0) is 19.6 Å². The lowest BCUT2D eigenvalue weighted by Gasteiger charge is -2.33. The fourth-order valence-corrected chi connectivity index (χ4v) is 4.12. The van der Waals surface area contributed by atoms with Crippen molar-refractivity contribution in [3.8, 4) is 11.5 Å². The van der Waals surface area contributed by atoms with Gasteiger partial charge in [-0.3, -0.25) is 4.68 Å². The summed E-state index contributed by atoms with van der Waals surface area (Å²) in [4.78, 5) is 15.7. The van der Waals surface area contributed by atoms with Crippen LogP contribution in [0.15, 0.2) is 36.9 Å². The van der Waals surface area contributed by atoms with E-state index < -0.39 is 0 Å². The fourth-order valence-electron chi connectivity index (χ4n) is 4.12. The lowest BCUT2D eigenvalue weighted by Crippen LogP contribution is -2.38. The number of hydrogen-bond donors (Lipinski definition) is 1. The maximum atomic E-state index is 4.77. The normalized spacial score (nSPS) is 19.9. The van der Waals surface area contributed by atoms with Crippen LogP contribution >= 0.6 is 0 Å². The molecule has 0 bridgehead atoms.